The molecule has 130 valence electrons. The third-order valence-electron chi connectivity index (χ3n) is 5.14. The zero-order valence-corrected chi connectivity index (χ0v) is 14.1. The van der Waals surface area contributed by atoms with Crippen LogP contribution in [0.15, 0.2) is 48.5 Å². The highest BCUT2D eigenvalue weighted by atomic mass is 16.6. The molecule has 0 saturated carbocycles. The SMILES string of the molecule is CN(C(=O)OCC1c2ccccc2-c2ccccc21)[C@@H]1COC[C@H]1O. The number of rotatable bonds is 3. The van der Waals surface area contributed by atoms with Crippen molar-refractivity contribution in [1.82, 2.24) is 4.90 Å². The molecular weight excluding hydrogens is 318 g/mol. The Hall–Kier alpha value is -2.37. The van der Waals surface area contributed by atoms with Gasteiger partial charge in [-0.3, -0.25) is 0 Å². The summed E-state index contributed by atoms with van der Waals surface area (Å²) in [6, 6.07) is 16.1. The first kappa shape index (κ1) is 16.1. The molecule has 0 bridgehead atoms. The number of amides is 1. The van der Waals surface area contributed by atoms with Crippen molar-refractivity contribution in [3.05, 3.63) is 59.7 Å². The number of aliphatic hydroxyl groups excluding tert-OH is 1. The van der Waals surface area contributed by atoms with Gasteiger partial charge in [0.05, 0.1) is 19.3 Å². The molecule has 2 atom stereocenters. The summed E-state index contributed by atoms with van der Waals surface area (Å²) in [6.07, 6.45) is -1.10. The summed E-state index contributed by atoms with van der Waals surface area (Å²) < 4.78 is 10.8. The second-order valence-corrected chi connectivity index (χ2v) is 6.59. The smallest absolute Gasteiger partial charge is 0.409 e. The monoisotopic (exact) mass is 339 g/mol. The van der Waals surface area contributed by atoms with Gasteiger partial charge in [0.15, 0.2) is 0 Å². The summed E-state index contributed by atoms with van der Waals surface area (Å²) in [4.78, 5) is 13.8. The highest BCUT2D eigenvalue weighted by Crippen LogP contribution is 2.44. The molecule has 2 aromatic rings. The van der Waals surface area contributed by atoms with Crippen LogP contribution in [0.5, 0.6) is 0 Å². The molecule has 0 radical (unpaired) electrons. The Morgan fingerprint density at radius 2 is 1.72 bits per heavy atom. The molecule has 1 heterocycles. The molecule has 0 aromatic heterocycles. The van der Waals surface area contributed by atoms with E-state index >= 15 is 0 Å². The summed E-state index contributed by atoms with van der Waals surface area (Å²) in [5.41, 5.74) is 4.77. The third-order valence-corrected chi connectivity index (χ3v) is 5.14. The van der Waals surface area contributed by atoms with Crippen molar-refractivity contribution < 1.29 is 19.4 Å². The fraction of sp³-hybridized carbons (Fsp3) is 0.350. The number of hydrogen-bond acceptors (Lipinski definition) is 4. The number of carbonyl (C=O) groups is 1. The molecular formula is C20H21NO4. The Bertz CT molecular complexity index is 745. The highest BCUT2D eigenvalue weighted by Gasteiger charge is 2.34. The maximum absolute atomic E-state index is 12.4. The molecule has 1 aliphatic heterocycles. The molecule has 4 rings (SSSR count). The van der Waals surface area contributed by atoms with E-state index in [2.05, 4.69) is 24.3 Å². The maximum Gasteiger partial charge on any atom is 0.409 e. The van der Waals surface area contributed by atoms with Crippen LogP contribution < -0.4 is 0 Å². The van der Waals surface area contributed by atoms with Gasteiger partial charge in [-0.2, -0.15) is 0 Å². The van der Waals surface area contributed by atoms with Crippen molar-refractivity contribution in [3.63, 3.8) is 0 Å². The number of fused-ring (bicyclic) bond motifs is 3. The van der Waals surface area contributed by atoms with Crippen molar-refractivity contribution in [3.8, 4) is 11.1 Å². The molecule has 1 N–H and O–H groups in total. The van der Waals surface area contributed by atoms with E-state index in [0.717, 1.165) is 0 Å². The van der Waals surface area contributed by atoms with E-state index in [1.54, 1.807) is 7.05 Å². The number of hydrogen-bond donors (Lipinski definition) is 1. The van der Waals surface area contributed by atoms with Crippen LogP contribution in [0.25, 0.3) is 11.1 Å². The van der Waals surface area contributed by atoms with Gasteiger partial charge in [0.25, 0.3) is 0 Å². The molecule has 1 aliphatic carbocycles. The highest BCUT2D eigenvalue weighted by molar-refractivity contribution is 5.79. The molecule has 2 aliphatic rings. The molecule has 0 spiro atoms. The Morgan fingerprint density at radius 1 is 1.12 bits per heavy atom. The first-order chi connectivity index (χ1) is 12.2. The van der Waals surface area contributed by atoms with Crippen LogP contribution in [0, 0.1) is 0 Å². The van der Waals surface area contributed by atoms with Crippen molar-refractivity contribution in [2.24, 2.45) is 0 Å². The van der Waals surface area contributed by atoms with Gasteiger partial charge in [0, 0.05) is 13.0 Å². The summed E-state index contributed by atoms with van der Waals surface area (Å²) in [5, 5.41) is 9.87. The molecule has 1 amide bonds. The van der Waals surface area contributed by atoms with Gasteiger partial charge in [-0.05, 0) is 22.3 Å². The van der Waals surface area contributed by atoms with E-state index in [9.17, 15) is 9.90 Å². The largest absolute Gasteiger partial charge is 0.448 e. The van der Waals surface area contributed by atoms with E-state index in [1.807, 2.05) is 24.3 Å². The van der Waals surface area contributed by atoms with Gasteiger partial charge in [-0.15, -0.1) is 0 Å². The summed E-state index contributed by atoms with van der Waals surface area (Å²) in [7, 11) is 1.64. The minimum Gasteiger partial charge on any atom is -0.448 e. The number of aliphatic hydroxyl groups is 1. The first-order valence-corrected chi connectivity index (χ1v) is 8.50. The Labute approximate surface area is 146 Å². The Kier molecular flexibility index (Phi) is 4.19. The van der Waals surface area contributed by atoms with E-state index in [-0.39, 0.29) is 25.2 Å². The van der Waals surface area contributed by atoms with Crippen molar-refractivity contribution in [1.29, 1.82) is 0 Å². The van der Waals surface area contributed by atoms with Gasteiger partial charge in [0.2, 0.25) is 0 Å². The van der Waals surface area contributed by atoms with E-state index < -0.39 is 12.2 Å². The van der Waals surface area contributed by atoms with E-state index in [4.69, 9.17) is 9.47 Å². The predicted octanol–water partition coefficient (Wildman–Crippen LogP) is 2.63. The molecule has 5 nitrogen and oxygen atoms in total. The number of ether oxygens (including phenoxy) is 2. The fourth-order valence-corrected chi connectivity index (χ4v) is 3.73. The lowest BCUT2D eigenvalue weighted by atomic mass is 9.98. The van der Waals surface area contributed by atoms with Gasteiger partial charge in [0.1, 0.15) is 12.7 Å². The van der Waals surface area contributed by atoms with Crippen LogP contribution in [0.3, 0.4) is 0 Å². The van der Waals surface area contributed by atoms with Crippen LogP contribution in [0.4, 0.5) is 4.79 Å². The van der Waals surface area contributed by atoms with Gasteiger partial charge < -0.3 is 19.5 Å². The standard InChI is InChI=1S/C20H21NO4/c1-21(18-11-24-12-19(18)22)20(23)25-10-17-15-8-4-2-6-13(15)14-7-3-5-9-16(14)17/h2-9,17-19,22H,10-12H2,1H3/t18-,19-/m1/s1. The van der Waals surface area contributed by atoms with Crippen molar-refractivity contribution in [2.45, 2.75) is 18.1 Å². The van der Waals surface area contributed by atoms with E-state index in [0.29, 0.717) is 6.61 Å². The average molecular weight is 339 g/mol. The zero-order chi connectivity index (χ0) is 17.4. The lowest BCUT2D eigenvalue weighted by Crippen LogP contribution is -2.44. The predicted molar refractivity (Wildman–Crippen MR) is 93.4 cm³/mol. The molecule has 5 heteroatoms. The lowest BCUT2D eigenvalue weighted by molar-refractivity contribution is 0.0642. The summed E-state index contributed by atoms with van der Waals surface area (Å²) in [5.74, 6) is 0.0366. The average Bonchev–Trinajstić information content (AvgIpc) is 3.20. The fourth-order valence-electron chi connectivity index (χ4n) is 3.73. The topological polar surface area (TPSA) is 59.0 Å². The summed E-state index contributed by atoms with van der Waals surface area (Å²) >= 11 is 0. The molecule has 0 unspecified atom stereocenters. The molecule has 25 heavy (non-hydrogen) atoms. The van der Waals surface area contributed by atoms with Crippen molar-refractivity contribution in [2.75, 3.05) is 26.9 Å². The number of nitrogens with zero attached hydrogens (tertiary/aromatic N) is 1. The molecule has 2 aromatic carbocycles. The van der Waals surface area contributed by atoms with Gasteiger partial charge in [-0.25, -0.2) is 4.79 Å². The zero-order valence-electron chi connectivity index (χ0n) is 14.1. The van der Waals surface area contributed by atoms with Gasteiger partial charge >= 0.3 is 6.09 Å². The van der Waals surface area contributed by atoms with Crippen molar-refractivity contribution >= 4 is 6.09 Å². The minimum atomic E-state index is -0.662. The number of carbonyl (C=O) groups excluding carboxylic acids is 1. The molecule has 1 fully saturated rings. The second kappa shape index (κ2) is 6.50. The maximum atomic E-state index is 12.4. The van der Waals surface area contributed by atoms with Crippen LogP contribution in [-0.4, -0.2) is 55.1 Å². The normalized spacial score (nSPS) is 21.7. The van der Waals surface area contributed by atoms with Crippen LogP contribution >= 0.6 is 0 Å². The molecule has 1 saturated heterocycles. The summed E-state index contributed by atoms with van der Waals surface area (Å²) in [6.45, 7) is 0.869. The third kappa shape index (κ3) is 2.79. The lowest BCUT2D eigenvalue weighted by Gasteiger charge is -2.25. The number of benzene rings is 2. The quantitative estimate of drug-likeness (QED) is 0.934. The number of likely N-dealkylation sites (N-methyl/N-ethyl adjacent to an activating group) is 1. The van der Waals surface area contributed by atoms with Gasteiger partial charge in [-0.1, -0.05) is 48.5 Å². The Morgan fingerprint density at radius 3 is 2.28 bits per heavy atom. The second-order valence-electron chi connectivity index (χ2n) is 6.59. The first-order valence-electron chi connectivity index (χ1n) is 8.50. The Balaban J connectivity index is 1.50. The van der Waals surface area contributed by atoms with Crippen LogP contribution in [0.2, 0.25) is 0 Å². The minimum absolute atomic E-state index is 0.0366. The van der Waals surface area contributed by atoms with Crippen LogP contribution in [0.1, 0.15) is 17.0 Å². The van der Waals surface area contributed by atoms with Crippen LogP contribution in [-0.2, 0) is 9.47 Å². The van der Waals surface area contributed by atoms with E-state index in [1.165, 1.54) is 27.2 Å².